The highest BCUT2D eigenvalue weighted by Gasteiger charge is 2.21. The molecule has 2 N–H and O–H groups in total. The molecule has 0 aromatic heterocycles. The second kappa shape index (κ2) is 6.17. The van der Waals surface area contributed by atoms with Gasteiger partial charge in [-0.25, -0.2) is 0 Å². The summed E-state index contributed by atoms with van der Waals surface area (Å²) in [7, 11) is 0. The predicted octanol–water partition coefficient (Wildman–Crippen LogP) is 3.14. The maximum atomic E-state index is 5.91. The quantitative estimate of drug-likeness (QED) is 0.351. The highest BCUT2D eigenvalue weighted by atomic mass is 32.2. The molecule has 0 unspecified atom stereocenters. The number of thioether (sulfide) groups is 1. The molecule has 0 atom stereocenters. The van der Waals surface area contributed by atoms with Crippen molar-refractivity contribution in [2.45, 2.75) is 24.7 Å². The van der Waals surface area contributed by atoms with Crippen molar-refractivity contribution in [1.29, 1.82) is 0 Å². The number of ether oxygens (including phenoxy) is 2. The molecule has 0 heterocycles. The van der Waals surface area contributed by atoms with Crippen molar-refractivity contribution in [1.82, 2.24) is 0 Å². The average Bonchev–Trinajstić information content (AvgIpc) is 3.13. The fraction of sp³-hybridized carbons (Fsp3) is 0.538. The van der Waals surface area contributed by atoms with Gasteiger partial charge in [0.05, 0.1) is 19.2 Å². The Morgan fingerprint density at radius 1 is 1.41 bits per heavy atom. The van der Waals surface area contributed by atoms with Gasteiger partial charge in [-0.3, -0.25) is 0 Å². The van der Waals surface area contributed by atoms with Gasteiger partial charge in [-0.05, 0) is 43.9 Å². The Bertz CT molecular complexity index is 366. The predicted molar refractivity (Wildman–Crippen MR) is 71.4 cm³/mol. The second-order valence-electron chi connectivity index (χ2n) is 4.21. The highest BCUT2D eigenvalue weighted by molar-refractivity contribution is 7.99. The molecule has 0 amide bonds. The van der Waals surface area contributed by atoms with Crippen LogP contribution in [-0.4, -0.2) is 19.2 Å². The van der Waals surface area contributed by atoms with E-state index in [1.807, 2.05) is 25.1 Å². The lowest BCUT2D eigenvalue weighted by molar-refractivity contribution is 0.171. The van der Waals surface area contributed by atoms with Crippen molar-refractivity contribution in [3.8, 4) is 5.75 Å². The Kier molecular flexibility index (Phi) is 4.57. The zero-order chi connectivity index (χ0) is 12.1. The molecule has 4 heteroatoms. The van der Waals surface area contributed by atoms with Crippen molar-refractivity contribution in [3.63, 3.8) is 0 Å². The summed E-state index contributed by atoms with van der Waals surface area (Å²) in [6.45, 7) is 3.53. The van der Waals surface area contributed by atoms with Gasteiger partial charge in [-0.15, -0.1) is 0 Å². The molecule has 0 bridgehead atoms. The van der Waals surface area contributed by atoms with Gasteiger partial charge in [0, 0.05) is 10.6 Å². The van der Waals surface area contributed by atoms with E-state index in [0.717, 1.165) is 28.9 Å². The lowest BCUT2D eigenvalue weighted by Gasteiger charge is -2.09. The summed E-state index contributed by atoms with van der Waals surface area (Å²) in [5.41, 5.74) is 6.69. The molecule has 1 fully saturated rings. The smallest absolute Gasteiger partial charge is 0.120 e. The highest BCUT2D eigenvalue weighted by Crippen LogP contribution is 2.31. The third-order valence-electron chi connectivity index (χ3n) is 2.64. The van der Waals surface area contributed by atoms with Gasteiger partial charge in [-0.2, -0.15) is 0 Å². The first-order valence-corrected chi connectivity index (χ1v) is 7.01. The molecule has 1 aliphatic rings. The second-order valence-corrected chi connectivity index (χ2v) is 5.17. The van der Waals surface area contributed by atoms with Crippen molar-refractivity contribution in [3.05, 3.63) is 18.2 Å². The first-order chi connectivity index (χ1) is 8.29. The van der Waals surface area contributed by atoms with Crippen LogP contribution in [0.25, 0.3) is 0 Å². The summed E-state index contributed by atoms with van der Waals surface area (Å²) in [6, 6.07) is 5.76. The minimum atomic E-state index is 0.663. The molecular formula is C13H19NO2S. The fourth-order valence-electron chi connectivity index (χ4n) is 1.50. The Morgan fingerprint density at radius 2 is 2.24 bits per heavy atom. The topological polar surface area (TPSA) is 44.5 Å². The van der Waals surface area contributed by atoms with Crippen molar-refractivity contribution in [2.24, 2.45) is 5.92 Å². The van der Waals surface area contributed by atoms with Crippen molar-refractivity contribution in [2.75, 3.05) is 24.9 Å². The summed E-state index contributed by atoms with van der Waals surface area (Å²) in [4.78, 5) is 1.03. The van der Waals surface area contributed by atoms with Crippen LogP contribution < -0.4 is 10.5 Å². The SMILES string of the molecule is CCOc1ccc(N)c(SCOCC2CC2)c1. The van der Waals surface area contributed by atoms with E-state index < -0.39 is 0 Å². The van der Waals surface area contributed by atoms with E-state index in [-0.39, 0.29) is 0 Å². The third-order valence-corrected chi connectivity index (χ3v) is 3.59. The number of rotatable bonds is 7. The molecule has 1 aliphatic carbocycles. The molecule has 2 rings (SSSR count). The van der Waals surface area contributed by atoms with E-state index in [0.29, 0.717) is 12.5 Å². The summed E-state index contributed by atoms with van der Waals surface area (Å²) in [6.07, 6.45) is 2.65. The zero-order valence-corrected chi connectivity index (χ0v) is 11.0. The molecule has 0 saturated heterocycles. The Balaban J connectivity index is 1.81. The number of hydrogen-bond donors (Lipinski definition) is 1. The van der Waals surface area contributed by atoms with Gasteiger partial charge in [0.15, 0.2) is 0 Å². The number of nitrogens with two attached hydrogens (primary N) is 1. The largest absolute Gasteiger partial charge is 0.494 e. The molecule has 1 saturated carbocycles. The number of nitrogen functional groups attached to an aromatic ring is 1. The molecule has 17 heavy (non-hydrogen) atoms. The standard InChI is InChI=1S/C13H19NO2S/c1-2-16-11-5-6-12(14)13(7-11)17-9-15-8-10-3-4-10/h5-7,10H,2-4,8-9,14H2,1H3. The summed E-state index contributed by atoms with van der Waals surface area (Å²) in [5, 5.41) is 0. The van der Waals surface area contributed by atoms with E-state index >= 15 is 0 Å². The normalized spacial score (nSPS) is 14.9. The maximum Gasteiger partial charge on any atom is 0.120 e. The van der Waals surface area contributed by atoms with Crippen LogP contribution in [0.4, 0.5) is 5.69 Å². The van der Waals surface area contributed by atoms with Crippen LogP contribution in [0.2, 0.25) is 0 Å². The van der Waals surface area contributed by atoms with E-state index in [1.165, 1.54) is 12.8 Å². The lowest BCUT2D eigenvalue weighted by atomic mass is 10.3. The van der Waals surface area contributed by atoms with E-state index in [1.54, 1.807) is 11.8 Å². The third kappa shape index (κ3) is 4.13. The molecule has 1 aromatic carbocycles. The first kappa shape index (κ1) is 12.6. The molecular weight excluding hydrogens is 234 g/mol. The van der Waals surface area contributed by atoms with Crippen molar-refractivity contribution < 1.29 is 9.47 Å². The van der Waals surface area contributed by atoms with Crippen LogP contribution in [0.1, 0.15) is 19.8 Å². The van der Waals surface area contributed by atoms with Crippen LogP contribution in [0.3, 0.4) is 0 Å². The van der Waals surface area contributed by atoms with Gasteiger partial charge < -0.3 is 15.2 Å². The van der Waals surface area contributed by atoms with Crippen LogP contribution >= 0.6 is 11.8 Å². The molecule has 0 radical (unpaired) electrons. The van der Waals surface area contributed by atoms with E-state index in [9.17, 15) is 0 Å². The summed E-state index contributed by atoms with van der Waals surface area (Å²) < 4.78 is 11.0. The number of benzene rings is 1. The number of anilines is 1. The van der Waals surface area contributed by atoms with Crippen LogP contribution in [0.5, 0.6) is 5.75 Å². The maximum absolute atomic E-state index is 5.91. The van der Waals surface area contributed by atoms with Gasteiger partial charge in [0.25, 0.3) is 0 Å². The summed E-state index contributed by atoms with van der Waals surface area (Å²) in [5.74, 6) is 2.34. The Hall–Kier alpha value is -0.870. The monoisotopic (exact) mass is 253 g/mol. The Morgan fingerprint density at radius 3 is 2.94 bits per heavy atom. The van der Waals surface area contributed by atoms with Gasteiger partial charge in [0.2, 0.25) is 0 Å². The molecule has 3 nitrogen and oxygen atoms in total. The minimum Gasteiger partial charge on any atom is -0.494 e. The molecule has 94 valence electrons. The van der Waals surface area contributed by atoms with Crippen LogP contribution in [0.15, 0.2) is 23.1 Å². The van der Waals surface area contributed by atoms with E-state index in [2.05, 4.69) is 0 Å². The average molecular weight is 253 g/mol. The van der Waals surface area contributed by atoms with Crippen LogP contribution in [0, 0.1) is 5.92 Å². The van der Waals surface area contributed by atoms with Crippen LogP contribution in [-0.2, 0) is 4.74 Å². The van der Waals surface area contributed by atoms with Gasteiger partial charge in [0.1, 0.15) is 5.75 Å². The Labute approximate surface area is 107 Å². The fourth-order valence-corrected chi connectivity index (χ4v) is 2.24. The molecule has 0 spiro atoms. The minimum absolute atomic E-state index is 0.663. The van der Waals surface area contributed by atoms with Crippen molar-refractivity contribution >= 4 is 17.4 Å². The first-order valence-electron chi connectivity index (χ1n) is 6.02. The number of hydrogen-bond acceptors (Lipinski definition) is 4. The van der Waals surface area contributed by atoms with Gasteiger partial charge in [-0.1, -0.05) is 11.8 Å². The zero-order valence-electron chi connectivity index (χ0n) is 10.1. The molecule has 0 aliphatic heterocycles. The molecule has 1 aromatic rings. The van der Waals surface area contributed by atoms with E-state index in [4.69, 9.17) is 15.2 Å². The lowest BCUT2D eigenvalue weighted by Crippen LogP contribution is -1.97. The summed E-state index contributed by atoms with van der Waals surface area (Å²) >= 11 is 1.63. The van der Waals surface area contributed by atoms with Gasteiger partial charge >= 0.3 is 0 Å².